The van der Waals surface area contributed by atoms with Crippen molar-refractivity contribution in [1.82, 2.24) is 9.88 Å². The molecule has 0 amide bonds. The van der Waals surface area contributed by atoms with Crippen LogP contribution in [0.4, 0.5) is 5.69 Å². The quantitative estimate of drug-likeness (QED) is 0.603. The third-order valence-electron chi connectivity index (χ3n) is 5.26. The molecule has 1 saturated heterocycles. The van der Waals surface area contributed by atoms with Crippen molar-refractivity contribution in [1.29, 1.82) is 0 Å². The van der Waals surface area contributed by atoms with Crippen molar-refractivity contribution in [2.45, 2.75) is 39.3 Å². The number of anilines is 1. The minimum atomic E-state index is -0.730. The second kappa shape index (κ2) is 9.12. The number of benzene rings is 1. The van der Waals surface area contributed by atoms with Crippen LogP contribution < -0.4 is 5.32 Å². The predicted molar refractivity (Wildman–Crippen MR) is 113 cm³/mol. The highest BCUT2D eigenvalue weighted by Crippen LogP contribution is 2.28. The smallest absolute Gasteiger partial charge is 0.307 e. The van der Waals surface area contributed by atoms with Crippen molar-refractivity contribution >= 4 is 34.9 Å². The summed E-state index contributed by atoms with van der Waals surface area (Å²) in [5.41, 5.74) is 4.02. The maximum Gasteiger partial charge on any atom is 0.307 e. The van der Waals surface area contributed by atoms with Gasteiger partial charge in [0.2, 0.25) is 0 Å². The van der Waals surface area contributed by atoms with Gasteiger partial charge in [-0.1, -0.05) is 42.3 Å². The van der Waals surface area contributed by atoms with E-state index in [2.05, 4.69) is 28.2 Å². The maximum absolute atomic E-state index is 11.2. The number of hydrogen-bond donors (Lipinski definition) is 2. The number of carboxylic acids is 1. The number of halogens is 2. The molecule has 3 rings (SSSR count). The Hall–Kier alpha value is -1.82. The van der Waals surface area contributed by atoms with Crippen molar-refractivity contribution in [2.75, 3.05) is 18.4 Å². The Morgan fingerprint density at radius 1 is 1.39 bits per heavy atom. The second-order valence-corrected chi connectivity index (χ2v) is 8.11. The number of aryl methyl sites for hydroxylation is 1. The number of rotatable bonds is 7. The van der Waals surface area contributed by atoms with Crippen LogP contribution in [0.2, 0.25) is 10.2 Å². The van der Waals surface area contributed by atoms with E-state index in [4.69, 9.17) is 23.2 Å². The zero-order valence-electron chi connectivity index (χ0n) is 16.1. The van der Waals surface area contributed by atoms with E-state index in [9.17, 15) is 9.90 Å². The number of aliphatic carboxylic acids is 1. The van der Waals surface area contributed by atoms with Gasteiger partial charge in [0.25, 0.3) is 0 Å². The van der Waals surface area contributed by atoms with Crippen molar-refractivity contribution in [3.05, 3.63) is 57.3 Å². The summed E-state index contributed by atoms with van der Waals surface area (Å²) in [7, 11) is 0. The number of carboxylic acid groups (broad SMARTS) is 1. The maximum atomic E-state index is 11.2. The summed E-state index contributed by atoms with van der Waals surface area (Å²) >= 11 is 12.5. The van der Waals surface area contributed by atoms with Crippen LogP contribution in [0, 0.1) is 12.8 Å². The van der Waals surface area contributed by atoms with E-state index in [1.54, 1.807) is 6.20 Å². The molecule has 0 saturated carbocycles. The minimum absolute atomic E-state index is 0.134. The molecule has 2 atom stereocenters. The van der Waals surface area contributed by atoms with E-state index >= 15 is 0 Å². The summed E-state index contributed by atoms with van der Waals surface area (Å²) in [5.74, 6) is -1.03. The molecule has 0 unspecified atom stereocenters. The van der Waals surface area contributed by atoms with Gasteiger partial charge in [0.1, 0.15) is 5.15 Å². The van der Waals surface area contributed by atoms with Crippen molar-refractivity contribution < 1.29 is 9.90 Å². The first-order valence-electron chi connectivity index (χ1n) is 9.49. The SMILES string of the molecule is CC[C@@H](Nc1cnc(Cl)c(CN2CC[C@@H](C(=O)O)C2)c1)c1ccc(Cl)c(C)c1. The first-order chi connectivity index (χ1) is 13.4. The van der Waals surface area contributed by atoms with Gasteiger partial charge in [0.15, 0.2) is 0 Å². The van der Waals surface area contributed by atoms with Crippen LogP contribution in [0.1, 0.15) is 42.5 Å². The Morgan fingerprint density at radius 3 is 2.82 bits per heavy atom. The summed E-state index contributed by atoms with van der Waals surface area (Å²) in [6, 6.07) is 8.21. The Bertz CT molecular complexity index is 860. The Balaban J connectivity index is 1.73. The number of likely N-dealkylation sites (tertiary alicyclic amines) is 1. The standard InChI is InChI=1S/C21H25Cl2N3O2/c1-3-19(14-4-5-18(22)13(2)8-14)25-17-9-16(20(23)24-10-17)12-26-7-6-15(11-26)21(27)28/h4-5,8-10,15,19,25H,3,6-7,11-12H2,1-2H3,(H,27,28)/t15-,19-/m1/s1. The van der Waals surface area contributed by atoms with E-state index in [0.717, 1.165) is 34.8 Å². The monoisotopic (exact) mass is 421 g/mol. The van der Waals surface area contributed by atoms with Gasteiger partial charge in [-0.2, -0.15) is 0 Å². The molecule has 2 aromatic rings. The zero-order valence-corrected chi connectivity index (χ0v) is 17.6. The molecule has 2 heterocycles. The van der Waals surface area contributed by atoms with E-state index < -0.39 is 5.97 Å². The Morgan fingerprint density at radius 2 is 2.18 bits per heavy atom. The summed E-state index contributed by atoms with van der Waals surface area (Å²) < 4.78 is 0. The molecule has 0 spiro atoms. The molecule has 5 nitrogen and oxygen atoms in total. The Kier molecular flexibility index (Phi) is 6.81. The first-order valence-corrected chi connectivity index (χ1v) is 10.2. The number of nitrogens with zero attached hydrogens (tertiary/aromatic N) is 2. The van der Waals surface area contributed by atoms with Crippen LogP contribution in [0.5, 0.6) is 0 Å². The molecule has 0 radical (unpaired) electrons. The highest BCUT2D eigenvalue weighted by Gasteiger charge is 2.28. The number of nitrogens with one attached hydrogen (secondary N) is 1. The number of carbonyl (C=O) groups is 1. The number of pyridine rings is 1. The lowest BCUT2D eigenvalue weighted by Crippen LogP contribution is -2.23. The molecule has 1 fully saturated rings. The fourth-order valence-electron chi connectivity index (χ4n) is 3.61. The molecular weight excluding hydrogens is 397 g/mol. The van der Waals surface area contributed by atoms with Gasteiger partial charge in [0, 0.05) is 23.7 Å². The molecular formula is C21H25Cl2N3O2. The van der Waals surface area contributed by atoms with Crippen LogP contribution in [0.25, 0.3) is 0 Å². The summed E-state index contributed by atoms with van der Waals surface area (Å²) in [6.07, 6.45) is 3.32. The second-order valence-electron chi connectivity index (χ2n) is 7.35. The molecule has 28 heavy (non-hydrogen) atoms. The summed E-state index contributed by atoms with van der Waals surface area (Å²) in [5, 5.41) is 13.9. The van der Waals surface area contributed by atoms with Gasteiger partial charge in [-0.3, -0.25) is 9.69 Å². The average Bonchev–Trinajstić information content (AvgIpc) is 3.13. The number of hydrogen-bond acceptors (Lipinski definition) is 4. The van der Waals surface area contributed by atoms with E-state index in [-0.39, 0.29) is 12.0 Å². The average molecular weight is 422 g/mol. The largest absolute Gasteiger partial charge is 0.481 e. The van der Waals surface area contributed by atoms with E-state index in [1.165, 1.54) is 5.56 Å². The first kappa shape index (κ1) is 20.9. The van der Waals surface area contributed by atoms with E-state index in [1.807, 2.05) is 25.1 Å². The van der Waals surface area contributed by atoms with Crippen molar-refractivity contribution in [3.8, 4) is 0 Å². The molecule has 7 heteroatoms. The minimum Gasteiger partial charge on any atom is -0.481 e. The van der Waals surface area contributed by atoms with Gasteiger partial charge >= 0.3 is 5.97 Å². The van der Waals surface area contributed by atoms with Gasteiger partial charge in [-0.25, -0.2) is 4.98 Å². The van der Waals surface area contributed by atoms with Gasteiger partial charge < -0.3 is 10.4 Å². The highest BCUT2D eigenvalue weighted by atomic mass is 35.5. The fourth-order valence-corrected chi connectivity index (χ4v) is 3.89. The lowest BCUT2D eigenvalue weighted by Gasteiger charge is -2.21. The molecule has 0 bridgehead atoms. The predicted octanol–water partition coefficient (Wildman–Crippen LogP) is 5.17. The summed E-state index contributed by atoms with van der Waals surface area (Å²) in [4.78, 5) is 17.6. The van der Waals surface area contributed by atoms with E-state index in [0.29, 0.717) is 24.7 Å². The third-order valence-corrected chi connectivity index (χ3v) is 6.03. The lowest BCUT2D eigenvalue weighted by molar-refractivity contribution is -0.141. The molecule has 1 aliphatic rings. The van der Waals surface area contributed by atoms with Crippen LogP contribution >= 0.6 is 23.2 Å². The highest BCUT2D eigenvalue weighted by molar-refractivity contribution is 6.31. The molecule has 1 aliphatic heterocycles. The fraction of sp³-hybridized carbons (Fsp3) is 0.429. The van der Waals surface area contributed by atoms with Crippen molar-refractivity contribution in [2.24, 2.45) is 5.92 Å². The molecule has 1 aromatic carbocycles. The van der Waals surface area contributed by atoms with Gasteiger partial charge in [-0.15, -0.1) is 0 Å². The summed E-state index contributed by atoms with van der Waals surface area (Å²) in [6.45, 7) is 6.03. The van der Waals surface area contributed by atoms with Crippen LogP contribution in [-0.2, 0) is 11.3 Å². The number of aromatic nitrogens is 1. The van der Waals surface area contributed by atoms with Crippen LogP contribution in [-0.4, -0.2) is 34.0 Å². The molecule has 2 N–H and O–H groups in total. The van der Waals surface area contributed by atoms with Gasteiger partial charge in [0.05, 0.1) is 23.8 Å². The molecule has 150 valence electrons. The normalized spacial score (nSPS) is 18.2. The Labute approximate surface area is 175 Å². The third kappa shape index (κ3) is 4.96. The molecule has 1 aromatic heterocycles. The topological polar surface area (TPSA) is 65.5 Å². The van der Waals surface area contributed by atoms with Gasteiger partial charge in [-0.05, 0) is 49.6 Å². The lowest BCUT2D eigenvalue weighted by atomic mass is 10.0. The molecule has 0 aliphatic carbocycles. The zero-order chi connectivity index (χ0) is 20.3. The van der Waals surface area contributed by atoms with Crippen LogP contribution in [0.3, 0.4) is 0 Å². The van der Waals surface area contributed by atoms with Crippen LogP contribution in [0.15, 0.2) is 30.5 Å². The van der Waals surface area contributed by atoms with Crippen molar-refractivity contribution in [3.63, 3.8) is 0 Å².